The third kappa shape index (κ3) is 4.78. The highest BCUT2D eigenvalue weighted by Gasteiger charge is 2.19. The third-order valence-corrected chi connectivity index (χ3v) is 3.41. The van der Waals surface area contributed by atoms with Crippen molar-refractivity contribution in [2.24, 2.45) is 0 Å². The maximum absolute atomic E-state index is 5.87. The predicted molar refractivity (Wildman–Crippen MR) is 86.5 cm³/mol. The van der Waals surface area contributed by atoms with Crippen LogP contribution in [-0.4, -0.2) is 19.3 Å². The van der Waals surface area contributed by atoms with Crippen LogP contribution in [0.15, 0.2) is 36.1 Å². The summed E-state index contributed by atoms with van der Waals surface area (Å²) >= 11 is 0. The lowest BCUT2D eigenvalue weighted by Gasteiger charge is -2.25. The molecule has 1 unspecified atom stereocenters. The first-order valence-electron chi connectivity index (χ1n) is 8.03. The first-order valence-corrected chi connectivity index (χ1v) is 8.03. The van der Waals surface area contributed by atoms with Crippen LogP contribution in [-0.2, 0) is 4.74 Å². The molecule has 1 aromatic carbocycles. The van der Waals surface area contributed by atoms with Gasteiger partial charge < -0.3 is 14.8 Å². The Hall–Kier alpha value is -1.48. The molecule has 21 heavy (non-hydrogen) atoms. The highest BCUT2D eigenvalue weighted by Crippen LogP contribution is 2.28. The third-order valence-electron chi connectivity index (χ3n) is 3.41. The molecule has 0 saturated carbocycles. The highest BCUT2D eigenvalue weighted by atomic mass is 16.5. The van der Waals surface area contributed by atoms with E-state index in [-0.39, 0.29) is 12.1 Å². The Bertz CT molecular complexity index is 468. The molecule has 0 fully saturated rings. The molecule has 0 aromatic heterocycles. The van der Waals surface area contributed by atoms with Crippen LogP contribution in [0.4, 0.5) is 0 Å². The lowest BCUT2D eigenvalue weighted by molar-refractivity contribution is 0.167. The second-order valence-electron chi connectivity index (χ2n) is 5.72. The number of hydrogen-bond acceptors (Lipinski definition) is 3. The van der Waals surface area contributed by atoms with Crippen molar-refractivity contribution in [2.45, 2.75) is 52.2 Å². The summed E-state index contributed by atoms with van der Waals surface area (Å²) in [7, 11) is 0. The van der Waals surface area contributed by atoms with E-state index in [1.54, 1.807) is 0 Å². The summed E-state index contributed by atoms with van der Waals surface area (Å²) in [6.45, 7) is 8.07. The number of benzene rings is 1. The Morgan fingerprint density at radius 1 is 1.33 bits per heavy atom. The molecule has 0 saturated heterocycles. The monoisotopic (exact) mass is 289 g/mol. The van der Waals surface area contributed by atoms with Gasteiger partial charge in [-0.05, 0) is 63.4 Å². The molecule has 2 rings (SSSR count). The van der Waals surface area contributed by atoms with Gasteiger partial charge in [0.25, 0.3) is 0 Å². The Kier molecular flexibility index (Phi) is 6.12. The van der Waals surface area contributed by atoms with Crippen molar-refractivity contribution in [3.8, 4) is 5.75 Å². The molecule has 1 aromatic rings. The van der Waals surface area contributed by atoms with Gasteiger partial charge in [0, 0.05) is 0 Å². The van der Waals surface area contributed by atoms with Crippen molar-refractivity contribution >= 4 is 0 Å². The highest BCUT2D eigenvalue weighted by molar-refractivity contribution is 5.34. The molecule has 1 aliphatic heterocycles. The molecule has 1 heterocycles. The van der Waals surface area contributed by atoms with Crippen LogP contribution < -0.4 is 10.1 Å². The summed E-state index contributed by atoms with van der Waals surface area (Å²) < 4.78 is 11.7. The quantitative estimate of drug-likeness (QED) is 0.815. The number of ether oxygens (including phenoxy) is 2. The van der Waals surface area contributed by atoms with Crippen LogP contribution >= 0.6 is 0 Å². The number of hydrogen-bond donors (Lipinski definition) is 1. The zero-order valence-electron chi connectivity index (χ0n) is 13.4. The lowest BCUT2D eigenvalue weighted by Crippen LogP contribution is -2.26. The van der Waals surface area contributed by atoms with E-state index in [4.69, 9.17) is 9.47 Å². The molecule has 0 bridgehead atoms. The molecule has 3 nitrogen and oxygen atoms in total. The van der Waals surface area contributed by atoms with Gasteiger partial charge in [0.1, 0.15) is 11.5 Å². The van der Waals surface area contributed by atoms with Crippen molar-refractivity contribution in [3.05, 3.63) is 41.7 Å². The van der Waals surface area contributed by atoms with Crippen molar-refractivity contribution in [2.75, 3.05) is 13.2 Å². The number of nitrogens with one attached hydrogen (secondary N) is 1. The van der Waals surface area contributed by atoms with Crippen LogP contribution in [0.2, 0.25) is 0 Å². The van der Waals surface area contributed by atoms with Crippen LogP contribution in [0.3, 0.4) is 0 Å². The van der Waals surface area contributed by atoms with Gasteiger partial charge >= 0.3 is 0 Å². The van der Waals surface area contributed by atoms with Gasteiger partial charge in [0.15, 0.2) is 0 Å². The summed E-state index contributed by atoms with van der Waals surface area (Å²) in [6, 6.07) is 8.44. The summed E-state index contributed by atoms with van der Waals surface area (Å²) in [5.41, 5.74) is 1.20. The van der Waals surface area contributed by atoms with Crippen molar-refractivity contribution in [1.82, 2.24) is 5.32 Å². The molecule has 1 atom stereocenters. The minimum Gasteiger partial charge on any atom is -0.496 e. The van der Waals surface area contributed by atoms with E-state index >= 15 is 0 Å². The van der Waals surface area contributed by atoms with Gasteiger partial charge in [0.05, 0.1) is 18.8 Å². The van der Waals surface area contributed by atoms with Crippen LogP contribution in [0.1, 0.15) is 51.6 Å². The van der Waals surface area contributed by atoms with E-state index in [9.17, 15) is 0 Å². The van der Waals surface area contributed by atoms with Gasteiger partial charge in [0.2, 0.25) is 0 Å². The normalized spacial score (nSPS) is 16.3. The van der Waals surface area contributed by atoms with Crippen LogP contribution in [0, 0.1) is 0 Å². The number of allylic oxidation sites excluding steroid dienone is 1. The van der Waals surface area contributed by atoms with Gasteiger partial charge in [-0.1, -0.05) is 19.1 Å². The van der Waals surface area contributed by atoms with Crippen molar-refractivity contribution < 1.29 is 9.47 Å². The van der Waals surface area contributed by atoms with Gasteiger partial charge in [-0.3, -0.25) is 0 Å². The van der Waals surface area contributed by atoms with Gasteiger partial charge in [-0.25, -0.2) is 0 Å². The molecule has 0 radical (unpaired) electrons. The molecule has 1 N–H and O–H groups in total. The Morgan fingerprint density at radius 2 is 2.19 bits per heavy atom. The Morgan fingerprint density at radius 3 is 2.86 bits per heavy atom. The van der Waals surface area contributed by atoms with Crippen LogP contribution in [0.5, 0.6) is 5.75 Å². The van der Waals surface area contributed by atoms with Crippen LogP contribution in [0.25, 0.3) is 0 Å². The van der Waals surface area contributed by atoms with Crippen molar-refractivity contribution in [3.63, 3.8) is 0 Å². The van der Waals surface area contributed by atoms with E-state index in [2.05, 4.69) is 36.5 Å². The SMILES string of the molecule is CCCNC(C1=CCCCO1)c1cccc(OC(C)C)c1. The van der Waals surface area contributed by atoms with Gasteiger partial charge in [-0.2, -0.15) is 0 Å². The zero-order valence-corrected chi connectivity index (χ0v) is 13.4. The van der Waals surface area contributed by atoms with E-state index in [1.165, 1.54) is 5.56 Å². The maximum atomic E-state index is 5.87. The molecule has 3 heteroatoms. The Balaban J connectivity index is 2.20. The summed E-state index contributed by atoms with van der Waals surface area (Å²) in [5, 5.41) is 3.59. The minimum absolute atomic E-state index is 0.126. The maximum Gasteiger partial charge on any atom is 0.120 e. The van der Waals surface area contributed by atoms with E-state index in [1.807, 2.05) is 19.9 Å². The predicted octanol–water partition coefficient (Wildman–Crippen LogP) is 4.21. The zero-order chi connectivity index (χ0) is 15.1. The fourth-order valence-electron chi connectivity index (χ4n) is 2.49. The smallest absolute Gasteiger partial charge is 0.120 e. The lowest BCUT2D eigenvalue weighted by atomic mass is 10.0. The average molecular weight is 289 g/mol. The fourth-order valence-corrected chi connectivity index (χ4v) is 2.49. The molecular formula is C18H27NO2. The van der Waals surface area contributed by atoms with Crippen molar-refractivity contribution in [1.29, 1.82) is 0 Å². The van der Waals surface area contributed by atoms with Gasteiger partial charge in [-0.15, -0.1) is 0 Å². The number of rotatable bonds is 7. The van der Waals surface area contributed by atoms with E-state index < -0.39 is 0 Å². The summed E-state index contributed by atoms with van der Waals surface area (Å²) in [5.74, 6) is 1.97. The molecular weight excluding hydrogens is 262 g/mol. The molecule has 116 valence electrons. The minimum atomic E-state index is 0.126. The fraction of sp³-hybridized carbons (Fsp3) is 0.556. The van der Waals surface area contributed by atoms with E-state index in [0.29, 0.717) is 0 Å². The molecule has 1 aliphatic rings. The van der Waals surface area contributed by atoms with E-state index in [0.717, 1.165) is 43.9 Å². The first kappa shape index (κ1) is 15.9. The molecule has 0 spiro atoms. The standard InChI is InChI=1S/C18H27NO2/c1-4-11-19-18(17-10-5-6-12-20-17)15-8-7-9-16(13-15)21-14(2)3/h7-10,13-14,18-19H,4-6,11-12H2,1-3H3. The summed E-state index contributed by atoms with van der Waals surface area (Å²) in [6.07, 6.45) is 5.72. The average Bonchev–Trinajstić information content (AvgIpc) is 2.48. The topological polar surface area (TPSA) is 30.5 Å². The second-order valence-corrected chi connectivity index (χ2v) is 5.72. The first-order chi connectivity index (χ1) is 10.2. The molecule has 0 aliphatic carbocycles. The second kappa shape index (κ2) is 8.08. The Labute approximate surface area is 128 Å². The molecule has 0 amide bonds. The summed E-state index contributed by atoms with van der Waals surface area (Å²) in [4.78, 5) is 0. The largest absolute Gasteiger partial charge is 0.496 e.